The molecule has 3 heterocycles. The van der Waals surface area contributed by atoms with Crippen LogP contribution in [-0.4, -0.2) is 55.1 Å². The Morgan fingerprint density at radius 3 is 2.57 bits per heavy atom. The number of thiophene rings is 1. The average molecular weight is 429 g/mol. The Kier molecular flexibility index (Phi) is 6.64. The van der Waals surface area contributed by atoms with E-state index >= 15 is 0 Å². The summed E-state index contributed by atoms with van der Waals surface area (Å²) in [5, 5.41) is 1.01. The van der Waals surface area contributed by atoms with Gasteiger partial charge < -0.3 is 19.3 Å². The SMILES string of the molecule is COc1ccc(C(=O)N2CCc3cc(OC4CCN(CC(C)C)CC4)sc3C2)cc1. The highest BCUT2D eigenvalue weighted by atomic mass is 32.1. The number of ether oxygens (including phenoxy) is 2. The third-order valence-electron chi connectivity index (χ3n) is 5.92. The predicted octanol–water partition coefficient (Wildman–Crippen LogP) is 4.45. The number of benzene rings is 1. The number of hydrogen-bond donors (Lipinski definition) is 0. The van der Waals surface area contributed by atoms with Gasteiger partial charge in [-0.1, -0.05) is 13.8 Å². The van der Waals surface area contributed by atoms with Gasteiger partial charge in [0, 0.05) is 36.6 Å². The van der Waals surface area contributed by atoms with Crippen LogP contribution < -0.4 is 9.47 Å². The molecular weight excluding hydrogens is 396 g/mol. The van der Waals surface area contributed by atoms with Crippen molar-refractivity contribution in [1.29, 1.82) is 0 Å². The van der Waals surface area contributed by atoms with Gasteiger partial charge in [-0.05, 0) is 61.1 Å². The molecule has 5 nitrogen and oxygen atoms in total. The molecule has 4 rings (SSSR count). The second-order valence-electron chi connectivity index (χ2n) is 8.73. The van der Waals surface area contributed by atoms with Crippen molar-refractivity contribution in [1.82, 2.24) is 9.80 Å². The summed E-state index contributed by atoms with van der Waals surface area (Å²) in [6.07, 6.45) is 3.39. The minimum Gasteiger partial charge on any atom is -0.497 e. The van der Waals surface area contributed by atoms with Crippen LogP contribution in [0.25, 0.3) is 0 Å². The molecular formula is C24H32N2O3S. The van der Waals surface area contributed by atoms with Crippen molar-refractivity contribution in [2.75, 3.05) is 33.3 Å². The molecule has 2 aliphatic rings. The number of hydrogen-bond acceptors (Lipinski definition) is 5. The van der Waals surface area contributed by atoms with E-state index in [4.69, 9.17) is 9.47 Å². The first-order valence-corrected chi connectivity index (χ1v) is 11.8. The number of nitrogens with zero attached hydrogens (tertiary/aromatic N) is 2. The number of rotatable bonds is 6. The van der Waals surface area contributed by atoms with Gasteiger partial charge in [-0.25, -0.2) is 0 Å². The normalized spacial score (nSPS) is 17.8. The predicted molar refractivity (Wildman–Crippen MR) is 121 cm³/mol. The molecule has 1 amide bonds. The third kappa shape index (κ3) is 4.98. The Hall–Kier alpha value is -2.05. The minimum atomic E-state index is 0.0803. The van der Waals surface area contributed by atoms with E-state index in [0.29, 0.717) is 18.2 Å². The van der Waals surface area contributed by atoms with Gasteiger partial charge in [-0.15, -0.1) is 11.3 Å². The van der Waals surface area contributed by atoms with Gasteiger partial charge in [0.15, 0.2) is 5.06 Å². The summed E-state index contributed by atoms with van der Waals surface area (Å²) in [5.41, 5.74) is 2.05. The Morgan fingerprint density at radius 1 is 1.17 bits per heavy atom. The lowest BCUT2D eigenvalue weighted by molar-refractivity contribution is 0.0737. The summed E-state index contributed by atoms with van der Waals surface area (Å²) in [7, 11) is 1.63. The lowest BCUT2D eigenvalue weighted by atomic mass is 10.1. The van der Waals surface area contributed by atoms with E-state index in [1.165, 1.54) is 17.0 Å². The molecule has 2 aromatic rings. The molecule has 0 radical (unpaired) electrons. The molecule has 0 N–H and O–H groups in total. The maximum atomic E-state index is 12.9. The third-order valence-corrected chi connectivity index (χ3v) is 6.98. The highest BCUT2D eigenvalue weighted by Crippen LogP contribution is 2.35. The largest absolute Gasteiger partial charge is 0.497 e. The summed E-state index contributed by atoms with van der Waals surface area (Å²) in [6.45, 7) is 9.40. The molecule has 0 spiro atoms. The van der Waals surface area contributed by atoms with Crippen molar-refractivity contribution in [3.8, 4) is 10.8 Å². The summed E-state index contributed by atoms with van der Waals surface area (Å²) in [6, 6.07) is 9.56. The lowest BCUT2D eigenvalue weighted by Crippen LogP contribution is -2.39. The van der Waals surface area contributed by atoms with Crippen LogP contribution in [0.2, 0.25) is 0 Å². The quantitative estimate of drug-likeness (QED) is 0.682. The fourth-order valence-electron chi connectivity index (χ4n) is 4.33. The second kappa shape index (κ2) is 9.40. The standard InChI is InChI=1S/C24H32N2O3S/c1-17(2)15-25-11-9-21(10-12-25)29-23-14-19-8-13-26(16-22(19)30-23)24(27)18-4-6-20(28-3)7-5-18/h4-7,14,17,21H,8-13,15-16H2,1-3H3. The van der Waals surface area contributed by atoms with Gasteiger partial charge in [0.05, 0.1) is 13.7 Å². The van der Waals surface area contributed by atoms with Crippen LogP contribution >= 0.6 is 11.3 Å². The van der Waals surface area contributed by atoms with E-state index < -0.39 is 0 Å². The monoisotopic (exact) mass is 428 g/mol. The second-order valence-corrected chi connectivity index (χ2v) is 9.83. The molecule has 6 heteroatoms. The zero-order valence-electron chi connectivity index (χ0n) is 18.2. The van der Waals surface area contributed by atoms with Crippen molar-refractivity contribution < 1.29 is 14.3 Å². The van der Waals surface area contributed by atoms with Crippen molar-refractivity contribution in [3.63, 3.8) is 0 Å². The van der Waals surface area contributed by atoms with Gasteiger partial charge in [0.25, 0.3) is 5.91 Å². The van der Waals surface area contributed by atoms with E-state index in [0.717, 1.165) is 55.6 Å². The van der Waals surface area contributed by atoms with Crippen molar-refractivity contribution in [2.45, 2.75) is 45.8 Å². The zero-order valence-corrected chi connectivity index (χ0v) is 19.0. The average Bonchev–Trinajstić information content (AvgIpc) is 3.15. The van der Waals surface area contributed by atoms with Gasteiger partial charge in [0.2, 0.25) is 0 Å². The van der Waals surface area contributed by atoms with E-state index in [1.807, 2.05) is 29.2 Å². The highest BCUT2D eigenvalue weighted by Gasteiger charge is 2.26. The number of amides is 1. The number of carbonyl (C=O) groups is 1. The fourth-order valence-corrected chi connectivity index (χ4v) is 5.47. The highest BCUT2D eigenvalue weighted by molar-refractivity contribution is 7.14. The molecule has 162 valence electrons. The minimum absolute atomic E-state index is 0.0803. The van der Waals surface area contributed by atoms with Crippen molar-refractivity contribution >= 4 is 17.2 Å². The number of methoxy groups -OCH3 is 1. The zero-order chi connectivity index (χ0) is 21.1. The summed E-state index contributed by atoms with van der Waals surface area (Å²) < 4.78 is 11.5. The number of piperidine rings is 1. The van der Waals surface area contributed by atoms with Crippen LogP contribution in [0.15, 0.2) is 30.3 Å². The van der Waals surface area contributed by atoms with E-state index in [2.05, 4.69) is 24.8 Å². The van der Waals surface area contributed by atoms with E-state index in [9.17, 15) is 4.79 Å². The Labute approximate surface area is 183 Å². The van der Waals surface area contributed by atoms with Gasteiger partial charge in [-0.3, -0.25) is 4.79 Å². The molecule has 0 aliphatic carbocycles. The van der Waals surface area contributed by atoms with Gasteiger partial charge in [-0.2, -0.15) is 0 Å². The maximum Gasteiger partial charge on any atom is 0.254 e. The molecule has 0 atom stereocenters. The molecule has 0 unspecified atom stereocenters. The molecule has 0 bridgehead atoms. The lowest BCUT2D eigenvalue weighted by Gasteiger charge is -2.32. The fraction of sp³-hybridized carbons (Fsp3) is 0.542. The first kappa shape index (κ1) is 21.2. The number of likely N-dealkylation sites (tertiary alicyclic amines) is 1. The topological polar surface area (TPSA) is 42.0 Å². The van der Waals surface area contributed by atoms with E-state index in [1.54, 1.807) is 18.4 Å². The molecule has 2 aliphatic heterocycles. The van der Waals surface area contributed by atoms with Gasteiger partial charge in [0.1, 0.15) is 11.9 Å². The summed E-state index contributed by atoms with van der Waals surface area (Å²) in [5.74, 6) is 1.56. The molecule has 30 heavy (non-hydrogen) atoms. The Morgan fingerprint density at radius 2 is 1.90 bits per heavy atom. The van der Waals surface area contributed by atoms with Gasteiger partial charge >= 0.3 is 0 Å². The van der Waals surface area contributed by atoms with Crippen LogP contribution in [0.1, 0.15) is 47.5 Å². The Balaban J connectivity index is 1.33. The summed E-state index contributed by atoms with van der Waals surface area (Å²) >= 11 is 1.71. The number of carbonyl (C=O) groups excluding carboxylic acids is 1. The van der Waals surface area contributed by atoms with Crippen LogP contribution in [0, 0.1) is 5.92 Å². The molecule has 0 saturated carbocycles. The van der Waals surface area contributed by atoms with Crippen LogP contribution in [-0.2, 0) is 13.0 Å². The van der Waals surface area contributed by atoms with Crippen LogP contribution in [0.3, 0.4) is 0 Å². The molecule has 1 saturated heterocycles. The molecule has 1 aromatic carbocycles. The smallest absolute Gasteiger partial charge is 0.254 e. The maximum absolute atomic E-state index is 12.9. The first-order valence-electron chi connectivity index (χ1n) is 11.0. The molecule has 1 fully saturated rings. The van der Waals surface area contributed by atoms with Crippen molar-refractivity contribution in [2.24, 2.45) is 5.92 Å². The van der Waals surface area contributed by atoms with Crippen LogP contribution in [0.4, 0.5) is 0 Å². The van der Waals surface area contributed by atoms with Crippen molar-refractivity contribution in [3.05, 3.63) is 46.3 Å². The summed E-state index contributed by atoms with van der Waals surface area (Å²) in [4.78, 5) is 18.6. The number of fused-ring (bicyclic) bond motifs is 1. The Bertz CT molecular complexity index is 854. The first-order chi connectivity index (χ1) is 14.5. The van der Waals surface area contributed by atoms with Crippen LogP contribution in [0.5, 0.6) is 10.8 Å². The molecule has 1 aromatic heterocycles. The van der Waals surface area contributed by atoms with E-state index in [-0.39, 0.29) is 5.91 Å².